The van der Waals surface area contributed by atoms with E-state index in [0.29, 0.717) is 12.3 Å². The van der Waals surface area contributed by atoms with Gasteiger partial charge in [-0.25, -0.2) is 0 Å². The van der Waals surface area contributed by atoms with Crippen LogP contribution in [-0.4, -0.2) is 35.8 Å². The molecule has 3 atom stereocenters. The Hall–Kier alpha value is -1.84. The van der Waals surface area contributed by atoms with Crippen LogP contribution in [-0.2, 0) is 16.0 Å². The molecule has 4 rings (SSSR count). The predicted molar refractivity (Wildman–Crippen MR) is 78.7 cm³/mol. The Balaban J connectivity index is 1.44. The summed E-state index contributed by atoms with van der Waals surface area (Å²) >= 11 is 0. The van der Waals surface area contributed by atoms with Crippen molar-refractivity contribution >= 4 is 11.8 Å². The van der Waals surface area contributed by atoms with Crippen LogP contribution in [0.15, 0.2) is 24.3 Å². The van der Waals surface area contributed by atoms with Gasteiger partial charge < -0.3 is 10.2 Å². The Morgan fingerprint density at radius 3 is 2.95 bits per heavy atom. The normalized spacial score (nSPS) is 30.8. The van der Waals surface area contributed by atoms with Crippen LogP contribution >= 0.6 is 0 Å². The first kappa shape index (κ1) is 12.9. The van der Waals surface area contributed by atoms with E-state index in [1.807, 2.05) is 17.0 Å². The number of benzene rings is 1. The second-order valence-electron chi connectivity index (χ2n) is 6.50. The molecule has 3 unspecified atom stereocenters. The quantitative estimate of drug-likeness (QED) is 0.848. The van der Waals surface area contributed by atoms with Gasteiger partial charge in [0.05, 0.1) is 5.92 Å². The first-order valence-corrected chi connectivity index (χ1v) is 7.88. The molecular weight excluding hydrogens is 264 g/mol. The molecule has 1 aliphatic carbocycles. The fourth-order valence-corrected chi connectivity index (χ4v) is 4.01. The summed E-state index contributed by atoms with van der Waals surface area (Å²) in [4.78, 5) is 26.2. The smallest absolute Gasteiger partial charge is 0.230 e. The fraction of sp³-hybridized carbons (Fsp3) is 0.529. The molecule has 3 aliphatic rings. The van der Waals surface area contributed by atoms with Crippen molar-refractivity contribution in [2.75, 3.05) is 13.1 Å². The van der Waals surface area contributed by atoms with Crippen LogP contribution in [0.5, 0.6) is 0 Å². The van der Waals surface area contributed by atoms with Crippen molar-refractivity contribution in [2.45, 2.75) is 37.6 Å². The number of amides is 2. The van der Waals surface area contributed by atoms with E-state index in [9.17, 15) is 9.59 Å². The molecule has 0 radical (unpaired) electrons. The number of carbonyl (C=O) groups excluding carboxylic acids is 2. The average Bonchev–Trinajstić information content (AvgIpc) is 2.48. The molecule has 0 saturated carbocycles. The lowest BCUT2D eigenvalue weighted by atomic mass is 9.76. The van der Waals surface area contributed by atoms with E-state index in [1.54, 1.807) is 0 Å². The number of hydrogen-bond donors (Lipinski definition) is 1. The van der Waals surface area contributed by atoms with E-state index in [-0.39, 0.29) is 23.8 Å². The molecule has 1 N–H and O–H groups in total. The highest BCUT2D eigenvalue weighted by atomic mass is 16.2. The maximum Gasteiger partial charge on any atom is 0.230 e. The van der Waals surface area contributed by atoms with Gasteiger partial charge in [-0.3, -0.25) is 9.59 Å². The summed E-state index contributed by atoms with van der Waals surface area (Å²) in [5.74, 6) is 0.958. The van der Waals surface area contributed by atoms with Gasteiger partial charge in [0, 0.05) is 25.6 Å². The Kier molecular flexibility index (Phi) is 2.98. The molecule has 110 valence electrons. The third-order valence-corrected chi connectivity index (χ3v) is 5.29. The van der Waals surface area contributed by atoms with Crippen molar-refractivity contribution in [3.63, 3.8) is 0 Å². The van der Waals surface area contributed by atoms with Crippen molar-refractivity contribution in [3.05, 3.63) is 35.4 Å². The predicted octanol–water partition coefficient (Wildman–Crippen LogP) is 1.45. The monoisotopic (exact) mass is 284 g/mol. The molecule has 2 aliphatic heterocycles. The van der Waals surface area contributed by atoms with Crippen molar-refractivity contribution in [1.82, 2.24) is 10.2 Å². The molecule has 2 saturated heterocycles. The molecule has 0 bridgehead atoms. The first-order valence-electron chi connectivity index (χ1n) is 7.88. The average molecular weight is 284 g/mol. The lowest BCUT2D eigenvalue weighted by Crippen LogP contribution is -2.56. The molecule has 4 heteroatoms. The van der Waals surface area contributed by atoms with Crippen LogP contribution < -0.4 is 5.32 Å². The zero-order valence-corrected chi connectivity index (χ0v) is 12.0. The SMILES string of the molecule is O=C1CCC2CN(C(=O)C3Cc4ccccc43)CCC2N1. The first-order chi connectivity index (χ1) is 10.2. The zero-order chi connectivity index (χ0) is 14.4. The number of rotatable bonds is 1. The highest BCUT2D eigenvalue weighted by molar-refractivity contribution is 5.87. The maximum atomic E-state index is 12.7. The van der Waals surface area contributed by atoms with Gasteiger partial charge in [0.1, 0.15) is 0 Å². The number of carbonyl (C=O) groups is 2. The lowest BCUT2D eigenvalue weighted by molar-refractivity contribution is -0.136. The highest BCUT2D eigenvalue weighted by Gasteiger charge is 2.39. The molecule has 1 aromatic carbocycles. The minimum atomic E-state index is 0.0657. The van der Waals surface area contributed by atoms with E-state index in [1.165, 1.54) is 11.1 Å². The number of nitrogens with one attached hydrogen (secondary N) is 1. The Labute approximate surface area is 124 Å². The largest absolute Gasteiger partial charge is 0.353 e. The zero-order valence-electron chi connectivity index (χ0n) is 12.0. The molecular formula is C17H20N2O2. The van der Waals surface area contributed by atoms with Crippen molar-refractivity contribution in [2.24, 2.45) is 5.92 Å². The van der Waals surface area contributed by atoms with Gasteiger partial charge in [0.25, 0.3) is 0 Å². The van der Waals surface area contributed by atoms with Crippen LogP contribution in [0.2, 0.25) is 0 Å². The number of nitrogens with zero attached hydrogens (tertiary/aromatic N) is 1. The lowest BCUT2D eigenvalue weighted by Gasteiger charge is -2.43. The van der Waals surface area contributed by atoms with E-state index >= 15 is 0 Å². The van der Waals surface area contributed by atoms with Crippen LogP contribution in [0.4, 0.5) is 0 Å². The van der Waals surface area contributed by atoms with E-state index in [4.69, 9.17) is 0 Å². The van der Waals surface area contributed by atoms with E-state index in [0.717, 1.165) is 32.4 Å². The number of hydrogen-bond acceptors (Lipinski definition) is 2. The summed E-state index contributed by atoms with van der Waals surface area (Å²) in [6.45, 7) is 1.58. The number of piperidine rings is 2. The van der Waals surface area contributed by atoms with E-state index in [2.05, 4.69) is 17.4 Å². The van der Waals surface area contributed by atoms with Gasteiger partial charge >= 0.3 is 0 Å². The summed E-state index contributed by atoms with van der Waals surface area (Å²) in [6.07, 6.45) is 3.31. The van der Waals surface area contributed by atoms with Gasteiger partial charge in [0.15, 0.2) is 0 Å². The standard InChI is InChI=1S/C17H20N2O2/c20-16-6-5-12-10-19(8-7-15(12)18-16)17(21)14-9-11-3-1-2-4-13(11)14/h1-4,12,14-15H,5-10H2,(H,18,20). The minimum Gasteiger partial charge on any atom is -0.353 e. The van der Waals surface area contributed by atoms with Crippen LogP contribution in [0.25, 0.3) is 0 Å². The van der Waals surface area contributed by atoms with Gasteiger partial charge in [-0.1, -0.05) is 24.3 Å². The molecule has 1 aromatic rings. The fourth-order valence-electron chi connectivity index (χ4n) is 4.01. The Morgan fingerprint density at radius 2 is 2.10 bits per heavy atom. The third kappa shape index (κ3) is 2.13. The van der Waals surface area contributed by atoms with Crippen molar-refractivity contribution in [3.8, 4) is 0 Å². The Bertz CT molecular complexity index is 598. The second-order valence-corrected chi connectivity index (χ2v) is 6.50. The number of fused-ring (bicyclic) bond motifs is 2. The van der Waals surface area contributed by atoms with Gasteiger partial charge in [-0.2, -0.15) is 0 Å². The summed E-state index contributed by atoms with van der Waals surface area (Å²) in [6, 6.07) is 8.53. The van der Waals surface area contributed by atoms with Crippen LogP contribution in [0.1, 0.15) is 36.3 Å². The third-order valence-electron chi connectivity index (χ3n) is 5.29. The van der Waals surface area contributed by atoms with Crippen LogP contribution in [0.3, 0.4) is 0 Å². The van der Waals surface area contributed by atoms with Crippen molar-refractivity contribution < 1.29 is 9.59 Å². The van der Waals surface area contributed by atoms with Crippen molar-refractivity contribution in [1.29, 1.82) is 0 Å². The summed E-state index contributed by atoms with van der Waals surface area (Å²) in [5, 5.41) is 3.07. The topological polar surface area (TPSA) is 49.4 Å². The molecule has 2 amide bonds. The van der Waals surface area contributed by atoms with E-state index < -0.39 is 0 Å². The highest BCUT2D eigenvalue weighted by Crippen LogP contribution is 2.37. The number of likely N-dealkylation sites (tertiary alicyclic amines) is 1. The van der Waals surface area contributed by atoms with Gasteiger partial charge in [0.2, 0.25) is 11.8 Å². The molecule has 0 aromatic heterocycles. The molecule has 4 nitrogen and oxygen atoms in total. The van der Waals surface area contributed by atoms with Gasteiger partial charge in [-0.05, 0) is 36.3 Å². The molecule has 2 fully saturated rings. The summed E-state index contributed by atoms with van der Waals surface area (Å²) in [5.41, 5.74) is 2.53. The Morgan fingerprint density at radius 1 is 1.24 bits per heavy atom. The molecule has 0 spiro atoms. The maximum absolute atomic E-state index is 12.7. The minimum absolute atomic E-state index is 0.0657. The van der Waals surface area contributed by atoms with Crippen LogP contribution in [0, 0.1) is 5.92 Å². The van der Waals surface area contributed by atoms with Gasteiger partial charge in [-0.15, -0.1) is 0 Å². The summed E-state index contributed by atoms with van der Waals surface area (Å²) < 4.78 is 0. The molecule has 2 heterocycles. The molecule has 21 heavy (non-hydrogen) atoms. The summed E-state index contributed by atoms with van der Waals surface area (Å²) in [7, 11) is 0. The second kappa shape index (κ2) is 4.86.